The van der Waals surface area contributed by atoms with E-state index in [1.165, 1.54) is 0 Å². The molecule has 1 saturated heterocycles. The fourth-order valence-corrected chi connectivity index (χ4v) is 3.16. The van der Waals surface area contributed by atoms with Crippen molar-refractivity contribution in [1.29, 1.82) is 0 Å². The largest absolute Gasteiger partial charge is 0.493 e. The maximum absolute atomic E-state index is 6.40. The number of rotatable bonds is 4. The smallest absolute Gasteiger partial charge is 0.161 e. The van der Waals surface area contributed by atoms with Gasteiger partial charge in [0.2, 0.25) is 0 Å². The average molecular weight is 330 g/mol. The molecule has 0 spiro atoms. The molecule has 0 radical (unpaired) electrons. The lowest BCUT2D eigenvalue weighted by Gasteiger charge is -2.24. The molecular formula is C14H20BrNO3. The van der Waals surface area contributed by atoms with Gasteiger partial charge in [-0.3, -0.25) is 0 Å². The van der Waals surface area contributed by atoms with Gasteiger partial charge in [0.05, 0.1) is 20.3 Å². The molecular weight excluding hydrogens is 310 g/mol. The molecule has 1 aromatic carbocycles. The second-order valence-electron chi connectivity index (χ2n) is 4.78. The first-order valence-electron chi connectivity index (χ1n) is 6.37. The first-order valence-corrected chi connectivity index (χ1v) is 7.16. The number of halogens is 1. The lowest BCUT2D eigenvalue weighted by atomic mass is 9.89. The Hall–Kier alpha value is -0.780. The third-order valence-electron chi connectivity index (χ3n) is 3.76. The third kappa shape index (κ3) is 2.88. The Morgan fingerprint density at radius 3 is 2.47 bits per heavy atom. The number of ether oxygens (including phenoxy) is 3. The van der Waals surface area contributed by atoms with Crippen molar-refractivity contribution in [3.05, 3.63) is 22.2 Å². The van der Waals surface area contributed by atoms with Gasteiger partial charge in [0.1, 0.15) is 0 Å². The monoisotopic (exact) mass is 329 g/mol. The van der Waals surface area contributed by atoms with Gasteiger partial charge in [-0.15, -0.1) is 0 Å². The van der Waals surface area contributed by atoms with Gasteiger partial charge in [-0.25, -0.2) is 0 Å². The van der Waals surface area contributed by atoms with Crippen LogP contribution in [0.5, 0.6) is 11.5 Å². The molecule has 1 fully saturated rings. The van der Waals surface area contributed by atoms with Crippen molar-refractivity contribution < 1.29 is 14.2 Å². The minimum absolute atomic E-state index is 0.0771. The van der Waals surface area contributed by atoms with Crippen LogP contribution < -0.4 is 15.2 Å². The zero-order valence-electron chi connectivity index (χ0n) is 11.5. The van der Waals surface area contributed by atoms with Crippen LogP contribution in [0.3, 0.4) is 0 Å². The summed E-state index contributed by atoms with van der Waals surface area (Å²) in [6, 6.07) is 3.76. The van der Waals surface area contributed by atoms with Crippen LogP contribution in [0.25, 0.3) is 0 Å². The molecule has 1 aromatic rings. The topological polar surface area (TPSA) is 53.7 Å². The molecule has 0 aliphatic carbocycles. The first kappa shape index (κ1) is 14.6. The summed E-state index contributed by atoms with van der Waals surface area (Å²) in [7, 11) is 3.25. The molecule has 0 bridgehead atoms. The van der Waals surface area contributed by atoms with Crippen molar-refractivity contribution in [2.45, 2.75) is 25.5 Å². The molecule has 1 aliphatic rings. The molecule has 106 valence electrons. The van der Waals surface area contributed by atoms with Crippen LogP contribution in [0.1, 0.15) is 24.9 Å². The molecule has 2 rings (SSSR count). The van der Waals surface area contributed by atoms with E-state index in [0.717, 1.165) is 23.1 Å². The molecule has 1 aliphatic heterocycles. The van der Waals surface area contributed by atoms with Crippen LogP contribution in [0.2, 0.25) is 0 Å². The summed E-state index contributed by atoms with van der Waals surface area (Å²) >= 11 is 3.56. The summed E-state index contributed by atoms with van der Waals surface area (Å²) in [6.07, 6.45) is 1.18. The zero-order chi connectivity index (χ0) is 14.0. The highest BCUT2D eigenvalue weighted by Gasteiger charge is 2.32. The summed E-state index contributed by atoms with van der Waals surface area (Å²) < 4.78 is 17.2. The second kappa shape index (κ2) is 6.11. The van der Waals surface area contributed by atoms with E-state index in [0.29, 0.717) is 17.4 Å². The number of hydrogen-bond donors (Lipinski definition) is 1. The summed E-state index contributed by atoms with van der Waals surface area (Å²) in [5, 5.41) is 0. The summed E-state index contributed by atoms with van der Waals surface area (Å²) in [5.41, 5.74) is 7.43. The predicted molar refractivity (Wildman–Crippen MR) is 77.7 cm³/mol. The van der Waals surface area contributed by atoms with Crippen LogP contribution in [-0.4, -0.2) is 26.9 Å². The molecule has 5 heteroatoms. The van der Waals surface area contributed by atoms with E-state index in [-0.39, 0.29) is 12.1 Å². The predicted octanol–water partition coefficient (Wildman–Crippen LogP) is 2.89. The van der Waals surface area contributed by atoms with Gasteiger partial charge in [0.25, 0.3) is 0 Å². The molecule has 19 heavy (non-hydrogen) atoms. The highest BCUT2D eigenvalue weighted by atomic mass is 79.9. The average Bonchev–Trinajstić information content (AvgIpc) is 2.83. The Balaban J connectivity index is 2.33. The van der Waals surface area contributed by atoms with Crippen LogP contribution in [-0.2, 0) is 4.74 Å². The Bertz CT molecular complexity index is 453. The molecule has 0 aromatic heterocycles. The standard InChI is InChI=1S/C14H20BrNO3/c1-8-9(4-5-19-8)14(16)10-6-12(17-2)13(18-3)7-11(10)15/h6-9,14H,4-5,16H2,1-3H3. The van der Waals surface area contributed by atoms with E-state index in [9.17, 15) is 0 Å². The van der Waals surface area contributed by atoms with E-state index in [4.69, 9.17) is 19.9 Å². The highest BCUT2D eigenvalue weighted by Crippen LogP contribution is 2.40. The van der Waals surface area contributed by atoms with Crippen LogP contribution in [0, 0.1) is 5.92 Å². The molecule has 0 amide bonds. The first-order chi connectivity index (χ1) is 9.08. The maximum atomic E-state index is 6.40. The molecule has 0 saturated carbocycles. The Morgan fingerprint density at radius 1 is 1.32 bits per heavy atom. The maximum Gasteiger partial charge on any atom is 0.161 e. The minimum Gasteiger partial charge on any atom is -0.493 e. The van der Waals surface area contributed by atoms with Gasteiger partial charge in [-0.05, 0) is 31.0 Å². The quantitative estimate of drug-likeness (QED) is 0.922. The van der Waals surface area contributed by atoms with Crippen molar-refractivity contribution in [3.8, 4) is 11.5 Å². The van der Waals surface area contributed by atoms with Gasteiger partial charge in [0.15, 0.2) is 11.5 Å². The summed E-state index contributed by atoms with van der Waals surface area (Å²) in [4.78, 5) is 0. The van der Waals surface area contributed by atoms with Crippen molar-refractivity contribution in [2.75, 3.05) is 20.8 Å². The SMILES string of the molecule is COc1cc(Br)c(C(N)C2CCOC2C)cc1OC. The summed E-state index contributed by atoms with van der Waals surface area (Å²) in [5.74, 6) is 1.72. The molecule has 1 heterocycles. The molecule has 3 atom stereocenters. The van der Waals surface area contributed by atoms with Crippen LogP contribution >= 0.6 is 15.9 Å². The normalized spacial score (nSPS) is 24.3. The van der Waals surface area contributed by atoms with Crippen molar-refractivity contribution in [1.82, 2.24) is 0 Å². The Kier molecular flexibility index (Phi) is 4.71. The van der Waals surface area contributed by atoms with Gasteiger partial charge in [-0.2, -0.15) is 0 Å². The molecule has 4 nitrogen and oxygen atoms in total. The molecule has 3 unspecified atom stereocenters. The summed E-state index contributed by atoms with van der Waals surface area (Å²) in [6.45, 7) is 2.86. The number of methoxy groups -OCH3 is 2. The molecule has 2 N–H and O–H groups in total. The van der Waals surface area contributed by atoms with E-state index in [2.05, 4.69) is 22.9 Å². The second-order valence-corrected chi connectivity index (χ2v) is 5.64. The highest BCUT2D eigenvalue weighted by molar-refractivity contribution is 9.10. The number of benzene rings is 1. The van der Waals surface area contributed by atoms with Gasteiger partial charge in [-0.1, -0.05) is 15.9 Å². The lowest BCUT2D eigenvalue weighted by Crippen LogP contribution is -2.26. The van der Waals surface area contributed by atoms with E-state index in [1.54, 1.807) is 14.2 Å². The van der Waals surface area contributed by atoms with E-state index < -0.39 is 0 Å². The van der Waals surface area contributed by atoms with Crippen LogP contribution in [0.4, 0.5) is 0 Å². The van der Waals surface area contributed by atoms with Crippen molar-refractivity contribution >= 4 is 15.9 Å². The number of hydrogen-bond acceptors (Lipinski definition) is 4. The zero-order valence-corrected chi connectivity index (χ0v) is 13.1. The Morgan fingerprint density at radius 2 is 1.95 bits per heavy atom. The minimum atomic E-state index is -0.0771. The lowest BCUT2D eigenvalue weighted by molar-refractivity contribution is 0.0994. The number of nitrogens with two attached hydrogens (primary N) is 1. The van der Waals surface area contributed by atoms with Gasteiger partial charge >= 0.3 is 0 Å². The third-order valence-corrected chi connectivity index (χ3v) is 4.44. The van der Waals surface area contributed by atoms with E-state index >= 15 is 0 Å². The fraction of sp³-hybridized carbons (Fsp3) is 0.571. The fourth-order valence-electron chi connectivity index (χ4n) is 2.58. The van der Waals surface area contributed by atoms with Crippen molar-refractivity contribution in [3.63, 3.8) is 0 Å². The van der Waals surface area contributed by atoms with E-state index in [1.807, 2.05) is 12.1 Å². The Labute approximate surface area is 122 Å². The van der Waals surface area contributed by atoms with Gasteiger partial charge in [0, 0.05) is 23.0 Å². The van der Waals surface area contributed by atoms with Gasteiger partial charge < -0.3 is 19.9 Å². The van der Waals surface area contributed by atoms with Crippen LogP contribution in [0.15, 0.2) is 16.6 Å². The van der Waals surface area contributed by atoms with Crippen molar-refractivity contribution in [2.24, 2.45) is 11.7 Å².